The number of benzene rings is 1. The molecule has 5 heteroatoms. The Labute approximate surface area is 125 Å². The Morgan fingerprint density at radius 3 is 2.43 bits per heavy atom. The molecule has 1 aliphatic rings. The van der Waals surface area contributed by atoms with Crippen molar-refractivity contribution in [3.8, 4) is 0 Å². The Hall–Kier alpha value is -1.88. The Morgan fingerprint density at radius 2 is 1.81 bits per heavy atom. The molecule has 1 aromatic carbocycles. The number of rotatable bonds is 5. The maximum absolute atomic E-state index is 11.9. The lowest BCUT2D eigenvalue weighted by Crippen LogP contribution is -2.39. The summed E-state index contributed by atoms with van der Waals surface area (Å²) >= 11 is 0. The first kappa shape index (κ1) is 15.5. The van der Waals surface area contributed by atoms with Crippen LogP contribution in [0, 0.1) is 0 Å². The Kier molecular flexibility index (Phi) is 5.75. The lowest BCUT2D eigenvalue weighted by molar-refractivity contribution is -0.122. The number of likely N-dealkylation sites (tertiary alicyclic amines) is 1. The van der Waals surface area contributed by atoms with E-state index in [9.17, 15) is 9.59 Å². The van der Waals surface area contributed by atoms with Crippen LogP contribution < -0.4 is 5.32 Å². The highest BCUT2D eigenvalue weighted by Gasteiger charge is 2.13. The van der Waals surface area contributed by atoms with Gasteiger partial charge in [-0.2, -0.15) is 0 Å². The van der Waals surface area contributed by atoms with Gasteiger partial charge in [0.15, 0.2) is 0 Å². The number of amides is 1. The minimum atomic E-state index is -0.351. The topological polar surface area (TPSA) is 58.6 Å². The number of ether oxygens (including phenoxy) is 1. The smallest absolute Gasteiger partial charge is 0.337 e. The first-order valence-corrected chi connectivity index (χ1v) is 7.35. The molecule has 1 amide bonds. The average Bonchev–Trinajstić information content (AvgIpc) is 2.53. The number of carbonyl (C=O) groups is 2. The van der Waals surface area contributed by atoms with Gasteiger partial charge in [-0.1, -0.05) is 18.6 Å². The molecule has 1 N–H and O–H groups in total. The molecular formula is C16H22N2O3. The second kappa shape index (κ2) is 7.78. The van der Waals surface area contributed by atoms with Gasteiger partial charge in [-0.3, -0.25) is 9.69 Å². The van der Waals surface area contributed by atoms with Gasteiger partial charge in [0.1, 0.15) is 0 Å². The van der Waals surface area contributed by atoms with E-state index in [1.54, 1.807) is 12.1 Å². The van der Waals surface area contributed by atoms with Gasteiger partial charge in [-0.15, -0.1) is 0 Å². The van der Waals surface area contributed by atoms with Gasteiger partial charge in [0, 0.05) is 6.54 Å². The fourth-order valence-electron chi connectivity index (χ4n) is 2.45. The van der Waals surface area contributed by atoms with Gasteiger partial charge >= 0.3 is 5.97 Å². The summed E-state index contributed by atoms with van der Waals surface area (Å²) in [5, 5.41) is 2.91. The van der Waals surface area contributed by atoms with Gasteiger partial charge < -0.3 is 10.1 Å². The Balaban J connectivity index is 1.76. The lowest BCUT2D eigenvalue weighted by Gasteiger charge is -2.25. The Bertz CT molecular complexity index is 479. The van der Waals surface area contributed by atoms with Crippen LogP contribution in [0.3, 0.4) is 0 Å². The zero-order valence-corrected chi connectivity index (χ0v) is 12.4. The van der Waals surface area contributed by atoms with Crippen molar-refractivity contribution in [3.05, 3.63) is 35.4 Å². The van der Waals surface area contributed by atoms with Crippen molar-refractivity contribution in [2.24, 2.45) is 0 Å². The average molecular weight is 290 g/mol. The van der Waals surface area contributed by atoms with Gasteiger partial charge in [-0.25, -0.2) is 4.79 Å². The number of hydrogen-bond acceptors (Lipinski definition) is 4. The van der Waals surface area contributed by atoms with Crippen molar-refractivity contribution >= 4 is 11.9 Å². The molecular weight excluding hydrogens is 268 g/mol. The summed E-state index contributed by atoms with van der Waals surface area (Å²) in [6.45, 7) is 2.98. The normalized spacial score (nSPS) is 15.5. The van der Waals surface area contributed by atoms with Crippen LogP contribution in [0.2, 0.25) is 0 Å². The summed E-state index contributed by atoms with van der Waals surface area (Å²) in [6.07, 6.45) is 3.63. The van der Waals surface area contributed by atoms with E-state index in [0.717, 1.165) is 18.7 Å². The maximum atomic E-state index is 11.9. The lowest BCUT2D eigenvalue weighted by atomic mass is 10.1. The minimum absolute atomic E-state index is 0.0499. The highest BCUT2D eigenvalue weighted by atomic mass is 16.5. The molecule has 0 spiro atoms. The van der Waals surface area contributed by atoms with E-state index in [0.29, 0.717) is 18.7 Å². The third-order valence-electron chi connectivity index (χ3n) is 3.68. The van der Waals surface area contributed by atoms with Crippen molar-refractivity contribution in [3.63, 3.8) is 0 Å². The highest BCUT2D eigenvalue weighted by molar-refractivity contribution is 5.89. The fraction of sp³-hybridized carbons (Fsp3) is 0.500. The van der Waals surface area contributed by atoms with Crippen molar-refractivity contribution < 1.29 is 14.3 Å². The largest absolute Gasteiger partial charge is 0.465 e. The predicted molar refractivity (Wildman–Crippen MR) is 79.9 cm³/mol. The fourth-order valence-corrected chi connectivity index (χ4v) is 2.45. The summed E-state index contributed by atoms with van der Waals surface area (Å²) in [7, 11) is 1.36. The van der Waals surface area contributed by atoms with Crippen LogP contribution in [0.5, 0.6) is 0 Å². The molecule has 0 radical (unpaired) electrons. The van der Waals surface area contributed by atoms with Crippen molar-refractivity contribution in [2.45, 2.75) is 25.8 Å². The number of carbonyl (C=O) groups excluding carboxylic acids is 2. The van der Waals surface area contributed by atoms with Crippen molar-refractivity contribution in [1.82, 2.24) is 10.2 Å². The van der Waals surface area contributed by atoms with Crippen LogP contribution in [0.4, 0.5) is 0 Å². The molecule has 0 aromatic heterocycles. The van der Waals surface area contributed by atoms with Crippen molar-refractivity contribution in [1.29, 1.82) is 0 Å². The van der Waals surface area contributed by atoms with Gasteiger partial charge in [0.2, 0.25) is 5.91 Å². The third-order valence-corrected chi connectivity index (χ3v) is 3.68. The molecule has 0 saturated carbocycles. The number of methoxy groups -OCH3 is 1. The molecule has 1 aliphatic heterocycles. The zero-order chi connectivity index (χ0) is 15.1. The molecule has 0 unspecified atom stereocenters. The molecule has 1 saturated heterocycles. The standard InChI is InChI=1S/C16H22N2O3/c1-21-16(20)14-7-5-13(6-8-14)11-17-15(19)12-18-9-3-2-4-10-18/h5-8H,2-4,9-12H2,1H3,(H,17,19). The van der Waals surface area contributed by atoms with Crippen LogP contribution in [0.15, 0.2) is 24.3 Å². The zero-order valence-electron chi connectivity index (χ0n) is 12.4. The van der Waals surface area contributed by atoms with Gasteiger partial charge in [-0.05, 0) is 43.6 Å². The van der Waals surface area contributed by atoms with Crippen LogP contribution in [-0.2, 0) is 16.1 Å². The summed E-state index contributed by atoms with van der Waals surface area (Å²) in [5.41, 5.74) is 1.48. The highest BCUT2D eigenvalue weighted by Crippen LogP contribution is 2.08. The van der Waals surface area contributed by atoms with E-state index in [4.69, 9.17) is 0 Å². The number of esters is 1. The summed E-state index contributed by atoms with van der Waals surface area (Å²) in [6, 6.07) is 7.07. The van der Waals surface area contributed by atoms with Crippen LogP contribution >= 0.6 is 0 Å². The SMILES string of the molecule is COC(=O)c1ccc(CNC(=O)CN2CCCCC2)cc1. The molecule has 21 heavy (non-hydrogen) atoms. The first-order valence-electron chi connectivity index (χ1n) is 7.35. The summed E-state index contributed by atoms with van der Waals surface area (Å²) < 4.78 is 4.64. The number of hydrogen-bond donors (Lipinski definition) is 1. The molecule has 1 aromatic rings. The molecule has 0 bridgehead atoms. The van der Waals surface area contributed by atoms with Crippen LogP contribution in [0.25, 0.3) is 0 Å². The van der Waals surface area contributed by atoms with Gasteiger partial charge in [0.25, 0.3) is 0 Å². The van der Waals surface area contributed by atoms with E-state index in [1.807, 2.05) is 12.1 Å². The quantitative estimate of drug-likeness (QED) is 0.836. The molecule has 0 atom stereocenters. The van der Waals surface area contributed by atoms with E-state index < -0.39 is 0 Å². The van der Waals surface area contributed by atoms with Gasteiger partial charge in [0.05, 0.1) is 19.2 Å². The molecule has 1 heterocycles. The molecule has 5 nitrogen and oxygen atoms in total. The van der Waals surface area contributed by atoms with E-state index in [2.05, 4.69) is 15.0 Å². The Morgan fingerprint density at radius 1 is 1.14 bits per heavy atom. The number of piperidine rings is 1. The monoisotopic (exact) mass is 290 g/mol. The second-order valence-electron chi connectivity index (χ2n) is 5.30. The molecule has 0 aliphatic carbocycles. The molecule has 2 rings (SSSR count). The van der Waals surface area contributed by atoms with Crippen LogP contribution in [0.1, 0.15) is 35.2 Å². The first-order chi connectivity index (χ1) is 10.2. The third kappa shape index (κ3) is 4.86. The second-order valence-corrected chi connectivity index (χ2v) is 5.30. The van der Waals surface area contributed by atoms with E-state index in [1.165, 1.54) is 26.4 Å². The van der Waals surface area contributed by atoms with E-state index >= 15 is 0 Å². The predicted octanol–water partition coefficient (Wildman–Crippen LogP) is 1.58. The number of nitrogens with zero attached hydrogens (tertiary/aromatic N) is 1. The van der Waals surface area contributed by atoms with E-state index in [-0.39, 0.29) is 11.9 Å². The number of nitrogens with one attached hydrogen (secondary N) is 1. The maximum Gasteiger partial charge on any atom is 0.337 e. The molecule has 1 fully saturated rings. The summed E-state index contributed by atoms with van der Waals surface area (Å²) in [4.78, 5) is 25.4. The summed E-state index contributed by atoms with van der Waals surface area (Å²) in [5.74, 6) is -0.301. The van der Waals surface area contributed by atoms with Crippen molar-refractivity contribution in [2.75, 3.05) is 26.7 Å². The van der Waals surface area contributed by atoms with Crippen LogP contribution in [-0.4, -0.2) is 43.5 Å². The minimum Gasteiger partial charge on any atom is -0.465 e. The molecule has 114 valence electrons.